The molecule has 3 unspecified atom stereocenters. The van der Waals surface area contributed by atoms with Gasteiger partial charge in [0, 0.05) is 23.7 Å². The van der Waals surface area contributed by atoms with Gasteiger partial charge in [0.2, 0.25) is 0 Å². The van der Waals surface area contributed by atoms with Crippen LogP contribution >= 0.6 is 11.6 Å². The first kappa shape index (κ1) is 16.8. The summed E-state index contributed by atoms with van der Waals surface area (Å²) < 4.78 is 0. The molecule has 0 aromatic heterocycles. The van der Waals surface area contributed by atoms with Crippen molar-refractivity contribution in [1.29, 1.82) is 0 Å². The van der Waals surface area contributed by atoms with Gasteiger partial charge in [0.15, 0.2) is 0 Å². The number of rotatable bonds is 6. The molecule has 1 fully saturated rings. The largest absolute Gasteiger partial charge is 0.310 e. The van der Waals surface area contributed by atoms with Gasteiger partial charge in [-0.3, -0.25) is 0 Å². The lowest BCUT2D eigenvalue weighted by molar-refractivity contribution is 0.109. The van der Waals surface area contributed by atoms with Gasteiger partial charge in [-0.25, -0.2) is 0 Å². The minimum atomic E-state index is 0.401. The van der Waals surface area contributed by atoms with Gasteiger partial charge in [0.05, 0.1) is 0 Å². The lowest BCUT2D eigenvalue weighted by Gasteiger charge is -2.38. The number of likely N-dealkylation sites (tertiary alicyclic amines) is 1. The Morgan fingerprint density at radius 1 is 1.38 bits per heavy atom. The van der Waals surface area contributed by atoms with Gasteiger partial charge in [-0.2, -0.15) is 0 Å². The summed E-state index contributed by atoms with van der Waals surface area (Å²) in [4.78, 5) is 2.66. The Hall–Kier alpha value is -0.570. The fourth-order valence-electron chi connectivity index (χ4n) is 3.39. The summed E-state index contributed by atoms with van der Waals surface area (Å²) in [6.07, 6.45) is 3.86. The molecule has 2 nitrogen and oxygen atoms in total. The van der Waals surface area contributed by atoms with Crippen LogP contribution in [0.15, 0.2) is 24.3 Å². The minimum Gasteiger partial charge on any atom is -0.310 e. The Morgan fingerprint density at radius 2 is 2.19 bits per heavy atom. The molecule has 118 valence electrons. The number of halogens is 1. The highest BCUT2D eigenvalue weighted by molar-refractivity contribution is 6.30. The summed E-state index contributed by atoms with van der Waals surface area (Å²) in [6, 6.07) is 9.38. The van der Waals surface area contributed by atoms with Gasteiger partial charge in [0.1, 0.15) is 0 Å². The second-order valence-electron chi connectivity index (χ2n) is 6.35. The maximum absolute atomic E-state index is 6.14. The van der Waals surface area contributed by atoms with Crippen LogP contribution < -0.4 is 5.32 Å². The zero-order valence-electron chi connectivity index (χ0n) is 13.6. The smallest absolute Gasteiger partial charge is 0.0409 e. The van der Waals surface area contributed by atoms with Gasteiger partial charge < -0.3 is 10.2 Å². The maximum atomic E-state index is 6.14. The van der Waals surface area contributed by atoms with Crippen LogP contribution in [0.25, 0.3) is 0 Å². The van der Waals surface area contributed by atoms with E-state index < -0.39 is 0 Å². The van der Waals surface area contributed by atoms with E-state index in [1.807, 2.05) is 12.1 Å². The van der Waals surface area contributed by atoms with Crippen LogP contribution in [0.2, 0.25) is 5.02 Å². The average molecular weight is 309 g/mol. The molecule has 3 heteroatoms. The third-order valence-corrected chi connectivity index (χ3v) is 5.15. The zero-order valence-corrected chi connectivity index (χ0v) is 14.4. The predicted molar refractivity (Wildman–Crippen MR) is 91.9 cm³/mol. The van der Waals surface area contributed by atoms with Crippen molar-refractivity contribution in [3.05, 3.63) is 34.9 Å². The summed E-state index contributed by atoms with van der Waals surface area (Å²) >= 11 is 6.14. The predicted octanol–water partition coefficient (Wildman–Crippen LogP) is 4.50. The first-order chi connectivity index (χ1) is 10.1. The number of hydrogen-bond donors (Lipinski definition) is 1. The second-order valence-corrected chi connectivity index (χ2v) is 6.79. The van der Waals surface area contributed by atoms with Crippen molar-refractivity contribution >= 4 is 11.6 Å². The van der Waals surface area contributed by atoms with Crippen molar-refractivity contribution in [1.82, 2.24) is 10.2 Å². The second kappa shape index (κ2) is 8.17. The van der Waals surface area contributed by atoms with E-state index in [2.05, 4.69) is 43.1 Å². The Kier molecular flexibility index (Phi) is 6.53. The normalized spacial score (nSPS) is 25.0. The number of nitrogens with one attached hydrogen (secondary N) is 1. The van der Waals surface area contributed by atoms with Crippen molar-refractivity contribution in [3.8, 4) is 0 Å². The fraction of sp³-hybridized carbons (Fsp3) is 0.667. The molecule has 21 heavy (non-hydrogen) atoms. The van der Waals surface area contributed by atoms with Crippen LogP contribution in [0, 0.1) is 5.92 Å². The van der Waals surface area contributed by atoms with E-state index in [0.29, 0.717) is 12.1 Å². The average Bonchev–Trinajstić information content (AvgIpc) is 2.47. The van der Waals surface area contributed by atoms with E-state index in [4.69, 9.17) is 11.6 Å². The van der Waals surface area contributed by atoms with Crippen molar-refractivity contribution < 1.29 is 0 Å². The Morgan fingerprint density at radius 3 is 2.90 bits per heavy atom. The highest BCUT2D eigenvalue weighted by Gasteiger charge is 2.25. The molecule has 0 bridgehead atoms. The maximum Gasteiger partial charge on any atom is 0.0409 e. The Balaban J connectivity index is 1.97. The molecule has 2 rings (SSSR count). The van der Waals surface area contributed by atoms with E-state index in [1.165, 1.54) is 24.9 Å². The van der Waals surface area contributed by atoms with Crippen molar-refractivity contribution in [2.75, 3.05) is 19.6 Å². The standard InChI is InChI=1S/C18H29ClN2/c1-4-20-18(16-8-5-9-17(19)13-16)10-12-21-11-6-7-14(2)15(21)3/h5,8-9,13-15,18,20H,4,6-7,10-12H2,1-3H3. The van der Waals surface area contributed by atoms with Crippen molar-refractivity contribution in [2.24, 2.45) is 5.92 Å². The molecule has 1 saturated heterocycles. The van der Waals surface area contributed by atoms with E-state index >= 15 is 0 Å². The molecule has 1 aromatic rings. The summed E-state index contributed by atoms with van der Waals surface area (Å²) in [5.74, 6) is 0.822. The number of hydrogen-bond acceptors (Lipinski definition) is 2. The summed E-state index contributed by atoms with van der Waals surface area (Å²) in [5.41, 5.74) is 1.31. The number of piperidine rings is 1. The molecule has 1 N–H and O–H groups in total. The van der Waals surface area contributed by atoms with Crippen LogP contribution in [0.3, 0.4) is 0 Å². The third-order valence-electron chi connectivity index (χ3n) is 4.91. The lowest BCUT2D eigenvalue weighted by atomic mass is 9.91. The molecule has 1 aliphatic heterocycles. The quantitative estimate of drug-likeness (QED) is 0.832. The van der Waals surface area contributed by atoms with E-state index in [0.717, 1.165) is 30.5 Å². The number of benzene rings is 1. The molecule has 0 spiro atoms. The topological polar surface area (TPSA) is 15.3 Å². The van der Waals surface area contributed by atoms with Gasteiger partial charge in [0.25, 0.3) is 0 Å². The van der Waals surface area contributed by atoms with Crippen LogP contribution in [0.1, 0.15) is 51.6 Å². The van der Waals surface area contributed by atoms with Crippen LogP contribution in [-0.4, -0.2) is 30.6 Å². The first-order valence-corrected chi connectivity index (χ1v) is 8.72. The van der Waals surface area contributed by atoms with Gasteiger partial charge in [-0.1, -0.05) is 37.6 Å². The first-order valence-electron chi connectivity index (χ1n) is 8.34. The van der Waals surface area contributed by atoms with Crippen LogP contribution in [0.5, 0.6) is 0 Å². The van der Waals surface area contributed by atoms with Crippen molar-refractivity contribution in [2.45, 2.75) is 52.1 Å². The highest BCUT2D eigenvalue weighted by atomic mass is 35.5. The summed E-state index contributed by atoms with van der Waals surface area (Å²) in [5, 5.41) is 4.44. The van der Waals surface area contributed by atoms with Crippen LogP contribution in [-0.2, 0) is 0 Å². The van der Waals surface area contributed by atoms with E-state index in [1.54, 1.807) is 0 Å². The molecule has 0 radical (unpaired) electrons. The van der Waals surface area contributed by atoms with Gasteiger partial charge in [-0.15, -0.1) is 0 Å². The molecular weight excluding hydrogens is 280 g/mol. The molecule has 0 aliphatic carbocycles. The fourth-order valence-corrected chi connectivity index (χ4v) is 3.59. The van der Waals surface area contributed by atoms with E-state index in [9.17, 15) is 0 Å². The molecule has 3 atom stereocenters. The minimum absolute atomic E-state index is 0.401. The summed E-state index contributed by atoms with van der Waals surface area (Å²) in [6.45, 7) is 10.3. The summed E-state index contributed by atoms with van der Waals surface area (Å²) in [7, 11) is 0. The van der Waals surface area contributed by atoms with Crippen LogP contribution in [0.4, 0.5) is 0 Å². The van der Waals surface area contributed by atoms with E-state index in [-0.39, 0.29) is 0 Å². The molecule has 0 amide bonds. The Labute approximate surface area is 134 Å². The molecule has 0 saturated carbocycles. The number of nitrogens with zero attached hydrogens (tertiary/aromatic N) is 1. The molecular formula is C18H29ClN2. The van der Waals surface area contributed by atoms with Gasteiger partial charge >= 0.3 is 0 Å². The Bertz CT molecular complexity index is 435. The third kappa shape index (κ3) is 4.70. The molecule has 1 aromatic carbocycles. The SMILES string of the molecule is CCNC(CCN1CCCC(C)C1C)c1cccc(Cl)c1. The lowest BCUT2D eigenvalue weighted by Crippen LogP contribution is -2.43. The van der Waals surface area contributed by atoms with Gasteiger partial charge in [-0.05, 0) is 62.9 Å². The molecule has 1 aliphatic rings. The van der Waals surface area contributed by atoms with Crippen molar-refractivity contribution in [3.63, 3.8) is 0 Å². The highest BCUT2D eigenvalue weighted by Crippen LogP contribution is 2.25. The monoisotopic (exact) mass is 308 g/mol. The zero-order chi connectivity index (χ0) is 15.2. The molecule has 1 heterocycles.